The predicted octanol–water partition coefficient (Wildman–Crippen LogP) is 0.671. The zero-order chi connectivity index (χ0) is 11.4. The van der Waals surface area contributed by atoms with Crippen LogP contribution in [-0.4, -0.2) is 37.7 Å². The van der Waals surface area contributed by atoms with Crippen molar-refractivity contribution < 1.29 is 9.53 Å². The summed E-state index contributed by atoms with van der Waals surface area (Å²) in [4.78, 5) is 11.7. The molecule has 2 N–H and O–H groups in total. The van der Waals surface area contributed by atoms with Crippen molar-refractivity contribution >= 4 is 5.91 Å². The van der Waals surface area contributed by atoms with E-state index in [1.54, 1.807) is 0 Å². The molecule has 0 radical (unpaired) electrons. The molecule has 1 unspecified atom stereocenters. The van der Waals surface area contributed by atoms with Crippen LogP contribution in [0, 0.1) is 5.92 Å². The molecule has 1 saturated carbocycles. The van der Waals surface area contributed by atoms with Crippen LogP contribution in [-0.2, 0) is 9.53 Å². The molecule has 92 valence electrons. The molecule has 1 heterocycles. The number of hydrogen-bond donors (Lipinski definition) is 2. The molecule has 2 aliphatic rings. The van der Waals surface area contributed by atoms with Gasteiger partial charge in [-0.3, -0.25) is 4.79 Å². The van der Waals surface area contributed by atoms with Crippen LogP contribution in [0.4, 0.5) is 0 Å². The van der Waals surface area contributed by atoms with Crippen molar-refractivity contribution in [1.29, 1.82) is 0 Å². The van der Waals surface area contributed by atoms with Gasteiger partial charge in [0.2, 0.25) is 5.91 Å². The van der Waals surface area contributed by atoms with Gasteiger partial charge in [0.1, 0.15) is 0 Å². The molecule has 1 aliphatic carbocycles. The zero-order valence-electron chi connectivity index (χ0n) is 10.1. The molecule has 0 bridgehead atoms. The van der Waals surface area contributed by atoms with Crippen LogP contribution in [0.15, 0.2) is 0 Å². The van der Waals surface area contributed by atoms with E-state index in [1.165, 1.54) is 6.42 Å². The van der Waals surface area contributed by atoms with E-state index in [4.69, 9.17) is 4.74 Å². The van der Waals surface area contributed by atoms with Gasteiger partial charge in [0, 0.05) is 25.6 Å². The highest BCUT2D eigenvalue weighted by atomic mass is 16.5. The third kappa shape index (κ3) is 2.55. The molecule has 4 heteroatoms. The fraction of sp³-hybridized carbons (Fsp3) is 0.917. The molecule has 0 aromatic heterocycles. The smallest absolute Gasteiger partial charge is 0.223 e. The Labute approximate surface area is 97.1 Å². The third-order valence-electron chi connectivity index (χ3n) is 3.84. The van der Waals surface area contributed by atoms with Gasteiger partial charge in [0.25, 0.3) is 0 Å². The van der Waals surface area contributed by atoms with E-state index in [2.05, 4.69) is 17.6 Å². The van der Waals surface area contributed by atoms with Crippen LogP contribution in [0.25, 0.3) is 0 Å². The van der Waals surface area contributed by atoms with Crippen molar-refractivity contribution in [3.63, 3.8) is 0 Å². The highest BCUT2D eigenvalue weighted by Crippen LogP contribution is 2.26. The van der Waals surface area contributed by atoms with Crippen molar-refractivity contribution in [1.82, 2.24) is 10.6 Å². The number of hydrogen-bond acceptors (Lipinski definition) is 3. The lowest BCUT2D eigenvalue weighted by molar-refractivity contribution is -0.130. The second-order valence-electron chi connectivity index (χ2n) is 4.91. The van der Waals surface area contributed by atoms with Crippen molar-refractivity contribution in [2.24, 2.45) is 5.92 Å². The SMILES string of the molecule is CCC1(CNC(=O)C2CCC2)CNCCO1. The standard InChI is InChI=1S/C12H22N2O2/c1-2-12(8-13-6-7-16-12)9-14-11(15)10-4-3-5-10/h10,13H,2-9H2,1H3,(H,14,15). The average Bonchev–Trinajstić information content (AvgIpc) is 2.25. The number of amides is 1. The molecule has 16 heavy (non-hydrogen) atoms. The van der Waals surface area contributed by atoms with Crippen molar-refractivity contribution in [2.75, 3.05) is 26.2 Å². The molecule has 2 rings (SSSR count). The summed E-state index contributed by atoms with van der Waals surface area (Å²) in [5.74, 6) is 0.485. The number of carbonyl (C=O) groups is 1. The van der Waals surface area contributed by atoms with Crippen LogP contribution in [0.3, 0.4) is 0 Å². The van der Waals surface area contributed by atoms with Gasteiger partial charge in [-0.25, -0.2) is 0 Å². The monoisotopic (exact) mass is 226 g/mol. The number of nitrogens with one attached hydrogen (secondary N) is 2. The van der Waals surface area contributed by atoms with Crippen LogP contribution < -0.4 is 10.6 Å². The quantitative estimate of drug-likeness (QED) is 0.741. The van der Waals surface area contributed by atoms with Gasteiger partial charge in [-0.15, -0.1) is 0 Å². The molecule has 1 atom stereocenters. The summed E-state index contributed by atoms with van der Waals surface area (Å²) in [6.45, 7) is 5.26. The minimum atomic E-state index is -0.183. The second kappa shape index (κ2) is 5.15. The Balaban J connectivity index is 1.79. The van der Waals surface area contributed by atoms with Crippen LogP contribution >= 0.6 is 0 Å². The predicted molar refractivity (Wildman–Crippen MR) is 62.2 cm³/mol. The summed E-state index contributed by atoms with van der Waals surface area (Å²) in [7, 11) is 0. The Morgan fingerprint density at radius 2 is 2.38 bits per heavy atom. The van der Waals surface area contributed by atoms with E-state index < -0.39 is 0 Å². The van der Waals surface area contributed by atoms with Gasteiger partial charge < -0.3 is 15.4 Å². The van der Waals surface area contributed by atoms with Gasteiger partial charge in [0.05, 0.1) is 12.2 Å². The van der Waals surface area contributed by atoms with Crippen LogP contribution in [0.2, 0.25) is 0 Å². The summed E-state index contributed by atoms with van der Waals surface area (Å²) in [5, 5.41) is 6.37. The maximum atomic E-state index is 11.7. The Morgan fingerprint density at radius 3 is 2.88 bits per heavy atom. The fourth-order valence-corrected chi connectivity index (χ4v) is 2.24. The van der Waals surface area contributed by atoms with Crippen molar-refractivity contribution in [3.05, 3.63) is 0 Å². The van der Waals surface area contributed by atoms with Gasteiger partial charge in [-0.1, -0.05) is 13.3 Å². The first-order valence-electron chi connectivity index (χ1n) is 6.38. The Kier molecular flexibility index (Phi) is 3.82. The Hall–Kier alpha value is -0.610. The number of ether oxygens (including phenoxy) is 1. The number of carbonyl (C=O) groups excluding carboxylic acids is 1. The second-order valence-corrected chi connectivity index (χ2v) is 4.91. The molecule has 0 aromatic rings. The molecule has 1 aliphatic heterocycles. The van der Waals surface area contributed by atoms with Crippen LogP contribution in [0.5, 0.6) is 0 Å². The molecule has 0 aromatic carbocycles. The molecule has 1 saturated heterocycles. The fourth-order valence-electron chi connectivity index (χ4n) is 2.24. The first kappa shape index (κ1) is 11.9. The van der Waals surface area contributed by atoms with E-state index in [1.807, 2.05) is 0 Å². The van der Waals surface area contributed by atoms with Crippen LogP contribution in [0.1, 0.15) is 32.6 Å². The van der Waals surface area contributed by atoms with E-state index in [-0.39, 0.29) is 17.4 Å². The zero-order valence-corrected chi connectivity index (χ0v) is 10.1. The summed E-state index contributed by atoms with van der Waals surface area (Å²) in [6.07, 6.45) is 4.26. The number of rotatable bonds is 4. The lowest BCUT2D eigenvalue weighted by Gasteiger charge is -2.37. The van der Waals surface area contributed by atoms with E-state index in [0.717, 1.165) is 39.0 Å². The first-order valence-corrected chi connectivity index (χ1v) is 6.38. The molecule has 0 spiro atoms. The summed E-state index contributed by atoms with van der Waals surface area (Å²) >= 11 is 0. The maximum absolute atomic E-state index is 11.7. The highest BCUT2D eigenvalue weighted by Gasteiger charge is 2.33. The summed E-state index contributed by atoms with van der Waals surface area (Å²) in [6, 6.07) is 0. The van der Waals surface area contributed by atoms with Crippen molar-refractivity contribution in [2.45, 2.75) is 38.2 Å². The van der Waals surface area contributed by atoms with Gasteiger partial charge in [0.15, 0.2) is 0 Å². The topological polar surface area (TPSA) is 50.4 Å². The molecule has 1 amide bonds. The summed E-state index contributed by atoms with van der Waals surface area (Å²) in [5.41, 5.74) is -0.183. The first-order chi connectivity index (χ1) is 7.76. The van der Waals surface area contributed by atoms with Gasteiger partial charge in [-0.2, -0.15) is 0 Å². The molecule has 2 fully saturated rings. The minimum absolute atomic E-state index is 0.183. The van der Waals surface area contributed by atoms with E-state index >= 15 is 0 Å². The Morgan fingerprint density at radius 1 is 1.56 bits per heavy atom. The highest BCUT2D eigenvalue weighted by molar-refractivity contribution is 5.79. The van der Waals surface area contributed by atoms with Crippen molar-refractivity contribution in [3.8, 4) is 0 Å². The van der Waals surface area contributed by atoms with E-state index in [0.29, 0.717) is 6.54 Å². The number of morpholine rings is 1. The average molecular weight is 226 g/mol. The third-order valence-corrected chi connectivity index (χ3v) is 3.84. The molecular formula is C12H22N2O2. The lowest BCUT2D eigenvalue weighted by atomic mass is 9.84. The van der Waals surface area contributed by atoms with E-state index in [9.17, 15) is 4.79 Å². The molecule has 4 nitrogen and oxygen atoms in total. The summed E-state index contributed by atoms with van der Waals surface area (Å²) < 4.78 is 5.82. The van der Waals surface area contributed by atoms with Gasteiger partial charge >= 0.3 is 0 Å². The lowest BCUT2D eigenvalue weighted by Crippen LogP contribution is -2.56. The Bertz CT molecular complexity index is 245. The normalized spacial score (nSPS) is 30.8. The van der Waals surface area contributed by atoms with Gasteiger partial charge in [-0.05, 0) is 19.3 Å². The minimum Gasteiger partial charge on any atom is -0.371 e. The maximum Gasteiger partial charge on any atom is 0.223 e. The largest absolute Gasteiger partial charge is 0.371 e. The molecular weight excluding hydrogens is 204 g/mol.